The number of hydrogen-bond acceptors (Lipinski definition) is 4. The van der Waals surface area contributed by atoms with E-state index >= 15 is 0 Å². The molecule has 0 unspecified atom stereocenters. The largest absolute Gasteiger partial charge is 0.476 e. The molecule has 2 rings (SSSR count). The topological polar surface area (TPSA) is 104 Å². The summed E-state index contributed by atoms with van der Waals surface area (Å²) >= 11 is 3.03. The minimum Gasteiger partial charge on any atom is -0.476 e. The van der Waals surface area contributed by atoms with Crippen LogP contribution in [0.3, 0.4) is 0 Å². The van der Waals surface area contributed by atoms with Crippen molar-refractivity contribution in [1.29, 1.82) is 0 Å². The molecule has 0 bridgehead atoms. The van der Waals surface area contributed by atoms with E-state index in [0.717, 1.165) is 5.56 Å². The number of carbonyl (C=O) groups excluding carboxylic acids is 1. The molecule has 0 fully saturated rings. The third kappa shape index (κ3) is 3.35. The summed E-state index contributed by atoms with van der Waals surface area (Å²) in [6.07, 6.45) is -0.724. The van der Waals surface area contributed by atoms with Crippen molar-refractivity contribution in [2.24, 2.45) is 0 Å². The molecule has 1 amide bonds. The number of benzene rings is 1. The van der Waals surface area contributed by atoms with E-state index in [-0.39, 0.29) is 22.6 Å². The van der Waals surface area contributed by atoms with Gasteiger partial charge >= 0.3 is 12.1 Å². The van der Waals surface area contributed by atoms with Crippen LogP contribution in [0.4, 0.5) is 10.6 Å². The van der Waals surface area contributed by atoms with E-state index in [1.54, 1.807) is 0 Å². The average molecular weight is 340 g/mol. The lowest BCUT2D eigenvalue weighted by Crippen LogP contribution is -2.14. The number of aromatic nitrogens is 2. The summed E-state index contributed by atoms with van der Waals surface area (Å²) in [4.78, 5) is 22.3. The maximum absolute atomic E-state index is 11.6. The van der Waals surface area contributed by atoms with Gasteiger partial charge in [-0.15, -0.1) is 0 Å². The number of aromatic amines is 1. The molecule has 0 aliphatic carbocycles. The third-order valence-corrected chi connectivity index (χ3v) is 3.13. The Morgan fingerprint density at radius 1 is 1.35 bits per heavy atom. The third-order valence-electron chi connectivity index (χ3n) is 2.35. The second-order valence-corrected chi connectivity index (χ2v) is 4.55. The summed E-state index contributed by atoms with van der Waals surface area (Å²) in [6.45, 7) is 0.112. The summed E-state index contributed by atoms with van der Waals surface area (Å²) < 4.78 is 5.14. The number of aromatic carboxylic acids is 1. The van der Waals surface area contributed by atoms with E-state index in [4.69, 9.17) is 9.84 Å². The van der Waals surface area contributed by atoms with Crippen molar-refractivity contribution < 1.29 is 19.4 Å². The lowest BCUT2D eigenvalue weighted by atomic mass is 10.2. The molecule has 0 aliphatic heterocycles. The fourth-order valence-electron chi connectivity index (χ4n) is 1.41. The van der Waals surface area contributed by atoms with E-state index in [9.17, 15) is 9.59 Å². The number of amides is 1. The second-order valence-electron chi connectivity index (χ2n) is 3.75. The number of H-pyrrole nitrogens is 1. The first kappa shape index (κ1) is 14.1. The molecule has 7 nitrogen and oxygen atoms in total. The van der Waals surface area contributed by atoms with Crippen LogP contribution in [-0.2, 0) is 11.3 Å². The molecule has 1 aromatic heterocycles. The predicted octanol–water partition coefficient (Wildman–Crippen LogP) is 2.62. The van der Waals surface area contributed by atoms with Gasteiger partial charge < -0.3 is 9.84 Å². The Bertz CT molecular complexity index is 627. The molecule has 0 spiro atoms. The van der Waals surface area contributed by atoms with Gasteiger partial charge in [-0.05, 0) is 21.5 Å². The first-order valence-corrected chi connectivity index (χ1v) is 6.32. The second kappa shape index (κ2) is 6.20. The summed E-state index contributed by atoms with van der Waals surface area (Å²) in [5.74, 6) is -1.13. The van der Waals surface area contributed by atoms with Crippen molar-refractivity contribution in [3.8, 4) is 0 Å². The average Bonchev–Trinajstić information content (AvgIpc) is 2.79. The van der Waals surface area contributed by atoms with E-state index < -0.39 is 12.1 Å². The highest BCUT2D eigenvalue weighted by atomic mass is 79.9. The zero-order valence-electron chi connectivity index (χ0n) is 10.1. The van der Waals surface area contributed by atoms with Gasteiger partial charge in [-0.2, -0.15) is 5.10 Å². The first-order valence-electron chi connectivity index (χ1n) is 5.53. The number of carboxylic acid groups (broad SMARTS) is 1. The zero-order valence-corrected chi connectivity index (χ0v) is 11.7. The maximum atomic E-state index is 11.6. The number of nitrogens with one attached hydrogen (secondary N) is 2. The maximum Gasteiger partial charge on any atom is 0.413 e. The minimum absolute atomic E-state index is 0.0560. The molecule has 0 atom stereocenters. The minimum atomic E-state index is -1.19. The van der Waals surface area contributed by atoms with Gasteiger partial charge in [0.15, 0.2) is 11.5 Å². The number of carboxylic acids is 1. The monoisotopic (exact) mass is 339 g/mol. The van der Waals surface area contributed by atoms with Crippen molar-refractivity contribution in [3.63, 3.8) is 0 Å². The molecule has 0 saturated heterocycles. The van der Waals surface area contributed by atoms with Gasteiger partial charge in [-0.1, -0.05) is 30.3 Å². The molecular formula is C12H10BrN3O4. The number of nitrogens with zero attached hydrogens (tertiary/aromatic N) is 1. The predicted molar refractivity (Wildman–Crippen MR) is 73.5 cm³/mol. The van der Waals surface area contributed by atoms with Crippen LogP contribution in [0, 0.1) is 0 Å². The van der Waals surface area contributed by atoms with Crippen molar-refractivity contribution in [1.82, 2.24) is 10.2 Å². The van der Waals surface area contributed by atoms with E-state index in [1.807, 2.05) is 30.3 Å². The van der Waals surface area contributed by atoms with Gasteiger partial charge in [0.05, 0.1) is 4.47 Å². The Morgan fingerprint density at radius 3 is 2.65 bits per heavy atom. The summed E-state index contributed by atoms with van der Waals surface area (Å²) in [5, 5.41) is 17.1. The van der Waals surface area contributed by atoms with Gasteiger partial charge in [-0.3, -0.25) is 10.4 Å². The van der Waals surface area contributed by atoms with Crippen molar-refractivity contribution in [3.05, 3.63) is 46.1 Å². The highest BCUT2D eigenvalue weighted by Crippen LogP contribution is 2.23. The molecule has 20 heavy (non-hydrogen) atoms. The zero-order chi connectivity index (χ0) is 14.5. The summed E-state index contributed by atoms with van der Waals surface area (Å²) in [6, 6.07) is 9.17. The van der Waals surface area contributed by atoms with Crippen LogP contribution < -0.4 is 5.32 Å². The smallest absolute Gasteiger partial charge is 0.413 e. The van der Waals surface area contributed by atoms with Crippen LogP contribution in [0.25, 0.3) is 0 Å². The van der Waals surface area contributed by atoms with Crippen LogP contribution in [0.5, 0.6) is 0 Å². The molecule has 0 saturated carbocycles. The number of hydrogen-bond donors (Lipinski definition) is 3. The van der Waals surface area contributed by atoms with Crippen LogP contribution in [0.15, 0.2) is 34.8 Å². The number of carbonyl (C=O) groups is 2. The van der Waals surface area contributed by atoms with Crippen molar-refractivity contribution >= 4 is 33.8 Å². The Balaban J connectivity index is 1.93. The molecule has 2 aromatic rings. The highest BCUT2D eigenvalue weighted by molar-refractivity contribution is 9.10. The molecule has 104 valence electrons. The standard InChI is InChI=1S/C12H10BrN3O4/c13-8-9(11(17)18)15-16-10(8)14-12(19)20-6-7-4-2-1-3-5-7/h1-5H,6H2,(H,17,18)(H2,14,15,16,19). The molecular weight excluding hydrogens is 330 g/mol. The molecule has 1 aromatic carbocycles. The Labute approximate surface area is 122 Å². The van der Waals surface area contributed by atoms with Gasteiger partial charge in [0.2, 0.25) is 0 Å². The molecule has 8 heteroatoms. The Morgan fingerprint density at radius 2 is 2.05 bits per heavy atom. The quantitative estimate of drug-likeness (QED) is 0.794. The number of rotatable bonds is 4. The van der Waals surface area contributed by atoms with Gasteiger partial charge in [-0.25, -0.2) is 9.59 Å². The molecule has 0 radical (unpaired) electrons. The number of ether oxygens (including phenoxy) is 1. The van der Waals surface area contributed by atoms with Gasteiger partial charge in [0, 0.05) is 0 Å². The number of anilines is 1. The lowest BCUT2D eigenvalue weighted by molar-refractivity contribution is 0.0689. The lowest BCUT2D eigenvalue weighted by Gasteiger charge is -2.05. The number of halogens is 1. The van der Waals surface area contributed by atoms with E-state index in [1.165, 1.54) is 0 Å². The van der Waals surface area contributed by atoms with Crippen LogP contribution >= 0.6 is 15.9 Å². The molecule has 1 heterocycles. The normalized spacial score (nSPS) is 10.1. The fraction of sp³-hybridized carbons (Fsp3) is 0.0833. The molecule has 0 aliphatic rings. The Hall–Kier alpha value is -2.35. The Kier molecular flexibility index (Phi) is 4.36. The van der Waals surface area contributed by atoms with Crippen LogP contribution in [0.1, 0.15) is 16.1 Å². The van der Waals surface area contributed by atoms with E-state index in [2.05, 4.69) is 31.4 Å². The summed E-state index contributed by atoms with van der Waals surface area (Å²) in [7, 11) is 0. The van der Waals surface area contributed by atoms with Crippen LogP contribution in [0.2, 0.25) is 0 Å². The first-order chi connectivity index (χ1) is 9.58. The SMILES string of the molecule is O=C(Nc1n[nH]c(C(=O)O)c1Br)OCc1ccccc1. The molecule has 3 N–H and O–H groups in total. The highest BCUT2D eigenvalue weighted by Gasteiger charge is 2.18. The van der Waals surface area contributed by atoms with Gasteiger partial charge in [0.1, 0.15) is 6.61 Å². The van der Waals surface area contributed by atoms with Crippen molar-refractivity contribution in [2.75, 3.05) is 5.32 Å². The van der Waals surface area contributed by atoms with Crippen molar-refractivity contribution in [2.45, 2.75) is 6.61 Å². The van der Waals surface area contributed by atoms with E-state index in [0.29, 0.717) is 0 Å². The van der Waals surface area contributed by atoms with Gasteiger partial charge in [0.25, 0.3) is 0 Å². The fourth-order valence-corrected chi connectivity index (χ4v) is 1.85. The summed E-state index contributed by atoms with van der Waals surface area (Å²) in [5.41, 5.74) is 0.693. The van der Waals surface area contributed by atoms with Crippen LogP contribution in [-0.4, -0.2) is 27.4 Å².